The summed E-state index contributed by atoms with van der Waals surface area (Å²) in [5, 5.41) is 6.68. The Balaban J connectivity index is 1.25. The average Bonchev–Trinajstić information content (AvgIpc) is 3.37. The molecule has 1 aromatic carbocycles. The molecule has 212 valence electrons. The maximum atomic E-state index is 13.4. The summed E-state index contributed by atoms with van der Waals surface area (Å²) < 4.78 is 25.7. The third-order valence-electron chi connectivity index (χ3n) is 8.65. The summed E-state index contributed by atoms with van der Waals surface area (Å²) in [4.78, 5) is 43.3. The zero-order valence-corrected chi connectivity index (χ0v) is 23.7. The Bertz CT molecular complexity index is 1410. The molecular formula is C28H39N5O5S. The van der Waals surface area contributed by atoms with Gasteiger partial charge in [-0.05, 0) is 63.5 Å². The second-order valence-electron chi connectivity index (χ2n) is 11.5. The van der Waals surface area contributed by atoms with E-state index < -0.39 is 9.84 Å². The lowest BCUT2D eigenvalue weighted by Crippen LogP contribution is -2.54. The van der Waals surface area contributed by atoms with E-state index in [2.05, 4.69) is 15.5 Å². The molecule has 2 unspecified atom stereocenters. The molecule has 5 rings (SSSR count). The number of nitrogens with one attached hydrogen (secondary N) is 2. The first-order valence-electron chi connectivity index (χ1n) is 14.0. The summed E-state index contributed by atoms with van der Waals surface area (Å²) in [5.74, 6) is -0.179. The van der Waals surface area contributed by atoms with E-state index >= 15 is 0 Å². The van der Waals surface area contributed by atoms with Crippen molar-refractivity contribution in [1.29, 1.82) is 0 Å². The third kappa shape index (κ3) is 5.56. The topological polar surface area (TPSA) is 121 Å². The molecule has 2 N–H and O–H groups in total. The van der Waals surface area contributed by atoms with E-state index in [1.165, 1.54) is 0 Å². The molecule has 3 aliphatic rings. The van der Waals surface area contributed by atoms with Gasteiger partial charge in [0.15, 0.2) is 9.84 Å². The quantitative estimate of drug-likeness (QED) is 0.538. The Hall–Kier alpha value is -2.92. The maximum absolute atomic E-state index is 13.4. The highest BCUT2D eigenvalue weighted by Crippen LogP contribution is 2.36. The molecule has 10 nitrogen and oxygen atoms in total. The minimum Gasteiger partial charge on any atom is -0.349 e. The van der Waals surface area contributed by atoms with Crippen LogP contribution in [0.4, 0.5) is 4.79 Å². The molecule has 4 atom stereocenters. The largest absolute Gasteiger partial charge is 0.349 e. The second kappa shape index (κ2) is 10.9. The molecule has 0 aliphatic carbocycles. The highest BCUT2D eigenvalue weighted by atomic mass is 32.2. The van der Waals surface area contributed by atoms with Gasteiger partial charge in [0, 0.05) is 50.3 Å². The van der Waals surface area contributed by atoms with Crippen LogP contribution in [0.5, 0.6) is 0 Å². The molecule has 4 heterocycles. The number of urea groups is 1. The van der Waals surface area contributed by atoms with Gasteiger partial charge in [-0.25, -0.2) is 13.2 Å². The molecule has 3 saturated heterocycles. The van der Waals surface area contributed by atoms with Gasteiger partial charge >= 0.3 is 6.03 Å². The minimum atomic E-state index is -3.10. The number of piperidine rings is 1. The van der Waals surface area contributed by atoms with Crippen molar-refractivity contribution in [2.45, 2.75) is 76.2 Å². The minimum absolute atomic E-state index is 0.0225. The van der Waals surface area contributed by atoms with Gasteiger partial charge in [0.05, 0.1) is 17.0 Å². The summed E-state index contributed by atoms with van der Waals surface area (Å²) in [6.45, 7) is 5.03. The molecule has 2 bridgehead atoms. The average molecular weight is 558 g/mol. The number of hydrogen-bond acceptors (Lipinski definition) is 6. The smallest absolute Gasteiger partial charge is 0.317 e. The normalized spacial score (nSPS) is 26.2. The van der Waals surface area contributed by atoms with Crippen LogP contribution in [0, 0.1) is 0 Å². The molecular weight excluding hydrogens is 518 g/mol. The molecule has 1 aromatic heterocycles. The monoisotopic (exact) mass is 557 g/mol. The van der Waals surface area contributed by atoms with E-state index in [1.54, 1.807) is 22.6 Å². The van der Waals surface area contributed by atoms with Crippen molar-refractivity contribution in [3.8, 4) is 0 Å². The fraction of sp³-hybridized carbons (Fsp3) is 0.607. The zero-order chi connectivity index (χ0) is 27.9. The van der Waals surface area contributed by atoms with E-state index in [4.69, 9.17) is 0 Å². The van der Waals surface area contributed by atoms with E-state index in [9.17, 15) is 22.8 Å². The van der Waals surface area contributed by atoms with Crippen molar-refractivity contribution in [1.82, 2.24) is 25.0 Å². The molecule has 0 radical (unpaired) electrons. The Morgan fingerprint density at radius 2 is 1.79 bits per heavy atom. The summed E-state index contributed by atoms with van der Waals surface area (Å²) in [7, 11) is -1.53. The van der Waals surface area contributed by atoms with E-state index in [1.807, 2.05) is 38.1 Å². The molecule has 0 spiro atoms. The molecule has 11 heteroatoms. The number of para-hydroxylation sites is 1. The molecule has 3 amide bonds. The lowest BCUT2D eigenvalue weighted by atomic mass is 9.96. The fourth-order valence-corrected chi connectivity index (χ4v) is 8.55. The van der Waals surface area contributed by atoms with Crippen LogP contribution in [0.15, 0.2) is 35.1 Å². The number of fused-ring (bicyclic) bond motifs is 3. The van der Waals surface area contributed by atoms with Gasteiger partial charge in [0.2, 0.25) is 0 Å². The van der Waals surface area contributed by atoms with E-state index in [0.717, 1.165) is 36.6 Å². The molecule has 39 heavy (non-hydrogen) atoms. The number of benzene rings is 1. The fourth-order valence-electron chi connectivity index (χ4n) is 6.82. The van der Waals surface area contributed by atoms with E-state index in [-0.39, 0.29) is 64.8 Å². The first-order valence-corrected chi connectivity index (χ1v) is 15.8. The van der Waals surface area contributed by atoms with Crippen LogP contribution in [0.3, 0.4) is 0 Å². The maximum Gasteiger partial charge on any atom is 0.317 e. The van der Waals surface area contributed by atoms with Crippen LogP contribution < -0.4 is 16.2 Å². The summed E-state index contributed by atoms with van der Waals surface area (Å²) in [6.07, 6.45) is 4.08. The highest BCUT2D eigenvalue weighted by Gasteiger charge is 2.42. The van der Waals surface area contributed by atoms with Crippen molar-refractivity contribution < 1.29 is 18.0 Å². The first kappa shape index (κ1) is 27.6. The Morgan fingerprint density at radius 3 is 2.41 bits per heavy atom. The molecule has 2 aromatic rings. The Labute approximate surface area is 229 Å². The van der Waals surface area contributed by atoms with Crippen LogP contribution in [0.2, 0.25) is 0 Å². The lowest BCUT2D eigenvalue weighted by molar-refractivity contribution is 0.0804. The number of nitrogens with zero attached hydrogens (tertiary/aromatic N) is 3. The number of carbonyl (C=O) groups excluding carboxylic acids is 2. The summed E-state index contributed by atoms with van der Waals surface area (Å²) >= 11 is 0. The first-order chi connectivity index (χ1) is 18.6. The van der Waals surface area contributed by atoms with Gasteiger partial charge in [0.1, 0.15) is 5.56 Å². The van der Waals surface area contributed by atoms with Gasteiger partial charge in [0.25, 0.3) is 11.5 Å². The molecule has 0 saturated carbocycles. The Morgan fingerprint density at radius 1 is 1.10 bits per heavy atom. The van der Waals surface area contributed by atoms with Gasteiger partial charge in [-0.3, -0.25) is 14.5 Å². The van der Waals surface area contributed by atoms with Crippen molar-refractivity contribution in [2.75, 3.05) is 31.6 Å². The van der Waals surface area contributed by atoms with E-state index in [0.29, 0.717) is 19.5 Å². The van der Waals surface area contributed by atoms with Crippen LogP contribution in [0.25, 0.3) is 10.9 Å². The van der Waals surface area contributed by atoms with Crippen LogP contribution in [-0.2, 0) is 9.84 Å². The number of rotatable bonds is 7. The van der Waals surface area contributed by atoms with Crippen LogP contribution >= 0.6 is 0 Å². The number of aromatic nitrogens is 1. The second-order valence-corrected chi connectivity index (χ2v) is 13.7. The van der Waals surface area contributed by atoms with Gasteiger partial charge in [-0.15, -0.1) is 0 Å². The Kier molecular flexibility index (Phi) is 7.74. The van der Waals surface area contributed by atoms with Gasteiger partial charge < -0.3 is 20.1 Å². The number of hydrogen-bond donors (Lipinski definition) is 2. The number of carbonyl (C=O) groups is 2. The molecule has 3 aliphatic heterocycles. The zero-order valence-electron chi connectivity index (χ0n) is 22.9. The predicted octanol–water partition coefficient (Wildman–Crippen LogP) is 2.14. The third-order valence-corrected chi connectivity index (χ3v) is 10.4. The van der Waals surface area contributed by atoms with Crippen molar-refractivity contribution in [3.63, 3.8) is 0 Å². The number of amides is 3. The van der Waals surface area contributed by atoms with Crippen molar-refractivity contribution >= 4 is 32.7 Å². The van der Waals surface area contributed by atoms with Crippen LogP contribution in [-0.4, -0.2) is 90.5 Å². The molecule has 3 fully saturated rings. The highest BCUT2D eigenvalue weighted by molar-refractivity contribution is 7.91. The van der Waals surface area contributed by atoms with Gasteiger partial charge in [-0.1, -0.05) is 18.2 Å². The van der Waals surface area contributed by atoms with Crippen molar-refractivity contribution in [2.24, 2.45) is 0 Å². The summed E-state index contributed by atoms with van der Waals surface area (Å²) in [6, 6.07) is 9.24. The SMILES string of the molecule is CNC(=O)N(CCN1[C@@H]2CC[C@H]1CC(NC(=O)c1cc3ccccc3n(C(C)C)c1=O)C2)C1CCS(=O)(=O)C1. The lowest BCUT2D eigenvalue weighted by Gasteiger charge is -2.40. The predicted molar refractivity (Wildman–Crippen MR) is 151 cm³/mol. The number of pyridine rings is 1. The standard InChI is InChI=1S/C28H39N5O5S/c1-18(2)33-25-7-5-4-6-19(25)14-24(27(33)35)26(34)30-20-15-21-8-9-22(16-20)31(21)11-12-32(28(36)29-3)23-10-13-39(37,38)17-23/h4-7,14,18,20-23H,8-13,15-17H2,1-3H3,(H,29,36)(H,30,34)/t20?,21-,22+,23?. The van der Waals surface area contributed by atoms with Crippen LogP contribution in [0.1, 0.15) is 62.4 Å². The van der Waals surface area contributed by atoms with Crippen molar-refractivity contribution in [3.05, 3.63) is 46.2 Å². The number of sulfone groups is 1. The van der Waals surface area contributed by atoms with Gasteiger partial charge in [-0.2, -0.15) is 0 Å². The summed E-state index contributed by atoms with van der Waals surface area (Å²) in [5.41, 5.74) is 0.719.